The van der Waals surface area contributed by atoms with Crippen molar-refractivity contribution in [3.8, 4) is 0 Å². The van der Waals surface area contributed by atoms with Gasteiger partial charge in [-0.1, -0.05) is 41.9 Å². The highest BCUT2D eigenvalue weighted by molar-refractivity contribution is 6.31. The minimum Gasteiger partial charge on any atom is -0.375 e. The van der Waals surface area contributed by atoms with E-state index in [0.29, 0.717) is 18.2 Å². The molecule has 2 rings (SSSR count). The summed E-state index contributed by atoms with van der Waals surface area (Å²) < 4.78 is 5.68. The molecule has 112 valence electrons. The van der Waals surface area contributed by atoms with Crippen molar-refractivity contribution >= 4 is 17.4 Å². The molecule has 1 aromatic heterocycles. The van der Waals surface area contributed by atoms with E-state index in [9.17, 15) is 0 Å². The van der Waals surface area contributed by atoms with Gasteiger partial charge in [0.05, 0.1) is 17.3 Å². The monoisotopic (exact) mass is 304 g/mol. The third-order valence-electron chi connectivity index (χ3n) is 3.11. The molecule has 1 N–H and O–H groups in total. The highest BCUT2D eigenvalue weighted by atomic mass is 35.5. The fourth-order valence-electron chi connectivity index (χ4n) is 2.06. The number of halogens is 1. The van der Waals surface area contributed by atoms with E-state index >= 15 is 0 Å². The molecule has 2 aromatic rings. The first kappa shape index (κ1) is 15.8. The van der Waals surface area contributed by atoms with E-state index in [-0.39, 0.29) is 0 Å². The van der Waals surface area contributed by atoms with Crippen molar-refractivity contribution in [1.82, 2.24) is 4.98 Å². The van der Waals surface area contributed by atoms with Gasteiger partial charge in [-0.3, -0.25) is 0 Å². The van der Waals surface area contributed by atoms with Gasteiger partial charge in [0, 0.05) is 13.2 Å². The van der Waals surface area contributed by atoms with Crippen LogP contribution in [0.3, 0.4) is 0 Å². The minimum atomic E-state index is 0.451. The molecule has 0 saturated carbocycles. The number of nitrogens with zero attached hydrogens (tertiary/aromatic N) is 1. The number of pyridine rings is 1. The van der Waals surface area contributed by atoms with Crippen LogP contribution < -0.4 is 5.32 Å². The Labute approximate surface area is 131 Å². The molecule has 0 radical (unpaired) electrons. The van der Waals surface area contributed by atoms with E-state index in [1.807, 2.05) is 25.1 Å². The Balaban J connectivity index is 1.74. The molecule has 0 atom stereocenters. The van der Waals surface area contributed by atoms with Gasteiger partial charge in [0.25, 0.3) is 0 Å². The molecular weight excluding hydrogens is 284 g/mol. The van der Waals surface area contributed by atoms with Gasteiger partial charge < -0.3 is 10.1 Å². The topological polar surface area (TPSA) is 34.1 Å². The molecule has 0 bridgehead atoms. The number of benzene rings is 1. The Kier molecular flexibility index (Phi) is 6.51. The minimum absolute atomic E-state index is 0.451. The summed E-state index contributed by atoms with van der Waals surface area (Å²) in [7, 11) is 0. The molecule has 4 heteroatoms. The van der Waals surface area contributed by atoms with Crippen LogP contribution in [0.15, 0.2) is 42.5 Å². The Morgan fingerprint density at radius 2 is 1.95 bits per heavy atom. The van der Waals surface area contributed by atoms with Gasteiger partial charge in [0.15, 0.2) is 0 Å². The first-order valence-electron chi connectivity index (χ1n) is 7.30. The predicted octanol–water partition coefficient (Wildman–Crippen LogP) is 4.32. The Morgan fingerprint density at radius 1 is 1.14 bits per heavy atom. The number of aryl methyl sites for hydroxylation is 1. The number of anilines is 1. The zero-order valence-electron chi connectivity index (χ0n) is 12.3. The molecular formula is C17H21ClN2O. The van der Waals surface area contributed by atoms with E-state index in [4.69, 9.17) is 16.3 Å². The van der Waals surface area contributed by atoms with Gasteiger partial charge in [0.1, 0.15) is 5.82 Å². The Bertz CT molecular complexity index is 546. The van der Waals surface area contributed by atoms with E-state index in [1.54, 1.807) is 0 Å². The van der Waals surface area contributed by atoms with Crippen molar-refractivity contribution in [2.24, 2.45) is 0 Å². The van der Waals surface area contributed by atoms with Gasteiger partial charge in [0.2, 0.25) is 0 Å². The third-order valence-corrected chi connectivity index (χ3v) is 3.46. The van der Waals surface area contributed by atoms with E-state index in [0.717, 1.165) is 30.9 Å². The zero-order chi connectivity index (χ0) is 14.9. The summed E-state index contributed by atoms with van der Waals surface area (Å²) in [6.45, 7) is 4.03. The van der Waals surface area contributed by atoms with Crippen LogP contribution in [0.4, 0.5) is 5.82 Å². The lowest BCUT2D eigenvalue weighted by Gasteiger charge is -2.08. The fourth-order valence-corrected chi connectivity index (χ4v) is 2.22. The van der Waals surface area contributed by atoms with Crippen LogP contribution in [-0.2, 0) is 17.8 Å². The molecule has 1 heterocycles. The van der Waals surface area contributed by atoms with Crippen LogP contribution in [0.5, 0.6) is 0 Å². The molecule has 3 nitrogen and oxygen atoms in total. The van der Waals surface area contributed by atoms with Crippen molar-refractivity contribution in [2.75, 3.05) is 18.5 Å². The Morgan fingerprint density at radius 3 is 2.71 bits per heavy atom. The number of hydrogen-bond donors (Lipinski definition) is 1. The highest BCUT2D eigenvalue weighted by Crippen LogP contribution is 2.17. The van der Waals surface area contributed by atoms with Crippen molar-refractivity contribution in [3.63, 3.8) is 0 Å². The number of hydrogen-bond acceptors (Lipinski definition) is 3. The molecule has 0 unspecified atom stereocenters. The quantitative estimate of drug-likeness (QED) is 0.738. The average molecular weight is 305 g/mol. The number of rotatable bonds is 8. The third kappa shape index (κ3) is 5.37. The maximum Gasteiger partial charge on any atom is 0.126 e. The first-order chi connectivity index (χ1) is 10.3. The van der Waals surface area contributed by atoms with Gasteiger partial charge in [-0.2, -0.15) is 0 Å². The summed E-state index contributed by atoms with van der Waals surface area (Å²) in [6.07, 6.45) is 2.02. The standard InChI is InChI=1S/C17H21ClN2O/c1-2-19-17-11-10-15(18)16(20-17)13-21-12-6-9-14-7-4-3-5-8-14/h3-5,7-8,10-11H,2,6,9,12-13H2,1H3,(H,19,20). The van der Waals surface area contributed by atoms with Crippen molar-refractivity contribution in [2.45, 2.75) is 26.4 Å². The molecule has 0 aliphatic heterocycles. The molecule has 0 fully saturated rings. The lowest BCUT2D eigenvalue weighted by atomic mass is 10.1. The first-order valence-corrected chi connectivity index (χ1v) is 7.68. The van der Waals surface area contributed by atoms with Crippen molar-refractivity contribution < 1.29 is 4.74 Å². The van der Waals surface area contributed by atoms with Crippen LogP contribution in [-0.4, -0.2) is 18.1 Å². The number of nitrogens with one attached hydrogen (secondary N) is 1. The Hall–Kier alpha value is -1.58. The lowest BCUT2D eigenvalue weighted by molar-refractivity contribution is 0.116. The smallest absolute Gasteiger partial charge is 0.126 e. The van der Waals surface area contributed by atoms with Crippen LogP contribution in [0, 0.1) is 0 Å². The fraction of sp³-hybridized carbons (Fsp3) is 0.353. The second-order valence-corrected chi connectivity index (χ2v) is 5.20. The van der Waals surface area contributed by atoms with E-state index < -0.39 is 0 Å². The lowest BCUT2D eigenvalue weighted by Crippen LogP contribution is -2.04. The van der Waals surface area contributed by atoms with Gasteiger partial charge in [-0.05, 0) is 37.5 Å². The normalized spacial score (nSPS) is 10.6. The summed E-state index contributed by atoms with van der Waals surface area (Å²) in [6, 6.07) is 14.2. The summed E-state index contributed by atoms with van der Waals surface area (Å²) >= 11 is 6.13. The molecule has 0 aliphatic carbocycles. The SMILES string of the molecule is CCNc1ccc(Cl)c(COCCCc2ccccc2)n1. The predicted molar refractivity (Wildman–Crippen MR) is 87.8 cm³/mol. The van der Waals surface area contributed by atoms with Crippen molar-refractivity contribution in [3.05, 3.63) is 58.7 Å². The van der Waals surface area contributed by atoms with Crippen LogP contribution in [0.1, 0.15) is 24.6 Å². The molecule has 0 saturated heterocycles. The summed E-state index contributed by atoms with van der Waals surface area (Å²) in [4.78, 5) is 4.45. The van der Waals surface area contributed by atoms with Gasteiger partial charge in [-0.25, -0.2) is 4.98 Å². The molecule has 1 aromatic carbocycles. The molecule has 21 heavy (non-hydrogen) atoms. The van der Waals surface area contributed by atoms with E-state index in [1.165, 1.54) is 5.56 Å². The molecule has 0 spiro atoms. The second kappa shape index (κ2) is 8.65. The molecule has 0 aliphatic rings. The maximum atomic E-state index is 6.13. The summed E-state index contributed by atoms with van der Waals surface area (Å²) in [5, 5.41) is 3.83. The maximum absolute atomic E-state index is 6.13. The number of ether oxygens (including phenoxy) is 1. The van der Waals surface area contributed by atoms with Crippen LogP contribution >= 0.6 is 11.6 Å². The number of aromatic nitrogens is 1. The largest absolute Gasteiger partial charge is 0.375 e. The van der Waals surface area contributed by atoms with E-state index in [2.05, 4.69) is 34.6 Å². The van der Waals surface area contributed by atoms with Gasteiger partial charge >= 0.3 is 0 Å². The van der Waals surface area contributed by atoms with Gasteiger partial charge in [-0.15, -0.1) is 0 Å². The van der Waals surface area contributed by atoms with Crippen molar-refractivity contribution in [1.29, 1.82) is 0 Å². The zero-order valence-corrected chi connectivity index (χ0v) is 13.1. The second-order valence-electron chi connectivity index (χ2n) is 4.80. The molecule has 0 amide bonds. The summed E-state index contributed by atoms with van der Waals surface area (Å²) in [5.41, 5.74) is 2.13. The van der Waals surface area contributed by atoms with Crippen LogP contribution in [0.2, 0.25) is 5.02 Å². The average Bonchev–Trinajstić information content (AvgIpc) is 2.51. The highest BCUT2D eigenvalue weighted by Gasteiger charge is 2.04. The summed E-state index contributed by atoms with van der Waals surface area (Å²) in [5.74, 6) is 0.838. The van der Waals surface area contributed by atoms with Crippen LogP contribution in [0.25, 0.3) is 0 Å².